The van der Waals surface area contributed by atoms with E-state index < -0.39 is 0 Å². The summed E-state index contributed by atoms with van der Waals surface area (Å²) in [6.45, 7) is 2.62. The molecule has 2 amide bonds. The van der Waals surface area contributed by atoms with Gasteiger partial charge in [0.1, 0.15) is 11.1 Å². The number of thiophene rings is 1. The van der Waals surface area contributed by atoms with Gasteiger partial charge in [-0.3, -0.25) is 9.59 Å². The smallest absolute Gasteiger partial charge is 0.256 e. The van der Waals surface area contributed by atoms with Gasteiger partial charge >= 0.3 is 0 Å². The van der Waals surface area contributed by atoms with Crippen LogP contribution in [0.25, 0.3) is 0 Å². The molecule has 1 aliphatic rings. The van der Waals surface area contributed by atoms with Crippen LogP contribution < -0.4 is 5.32 Å². The van der Waals surface area contributed by atoms with Crippen LogP contribution in [0.1, 0.15) is 33.3 Å². The SMILES string of the molecule is CC(=O)N1CCc2c(sc(NC(=O)c3ccc(Cl)cc3)c2C#N)C1. The third-order valence-electron chi connectivity index (χ3n) is 3.95. The number of carbonyl (C=O) groups is 2. The molecular weight excluding hydrogens is 346 g/mol. The topological polar surface area (TPSA) is 73.2 Å². The van der Waals surface area contributed by atoms with Gasteiger partial charge in [0.25, 0.3) is 5.91 Å². The fourth-order valence-electron chi connectivity index (χ4n) is 2.66. The first kappa shape index (κ1) is 16.5. The summed E-state index contributed by atoms with van der Waals surface area (Å²) in [5.41, 5.74) is 1.91. The second-order valence-electron chi connectivity index (χ2n) is 5.47. The predicted molar refractivity (Wildman–Crippen MR) is 93.2 cm³/mol. The Hall–Kier alpha value is -2.36. The number of rotatable bonds is 2. The van der Waals surface area contributed by atoms with E-state index in [-0.39, 0.29) is 11.8 Å². The number of benzene rings is 1. The van der Waals surface area contributed by atoms with Gasteiger partial charge in [0.2, 0.25) is 5.91 Å². The molecule has 2 aromatic rings. The van der Waals surface area contributed by atoms with E-state index in [1.807, 2.05) is 0 Å². The zero-order chi connectivity index (χ0) is 17.3. The van der Waals surface area contributed by atoms with E-state index in [4.69, 9.17) is 11.6 Å². The van der Waals surface area contributed by atoms with Crippen LogP contribution in [0, 0.1) is 11.3 Å². The summed E-state index contributed by atoms with van der Waals surface area (Å²) in [6.07, 6.45) is 0.630. The van der Waals surface area contributed by atoms with Crippen LogP contribution in [-0.4, -0.2) is 23.3 Å². The molecule has 0 aliphatic carbocycles. The number of nitrogens with one attached hydrogen (secondary N) is 1. The maximum atomic E-state index is 12.4. The maximum Gasteiger partial charge on any atom is 0.256 e. The Bertz CT molecular complexity index is 852. The zero-order valence-electron chi connectivity index (χ0n) is 12.9. The van der Waals surface area contributed by atoms with Crippen molar-refractivity contribution >= 4 is 39.8 Å². The summed E-state index contributed by atoms with van der Waals surface area (Å²) >= 11 is 7.19. The van der Waals surface area contributed by atoms with Crippen LogP contribution in [-0.2, 0) is 17.8 Å². The Balaban J connectivity index is 1.87. The first-order valence-corrected chi connectivity index (χ1v) is 8.56. The highest BCUT2D eigenvalue weighted by Gasteiger charge is 2.26. The van der Waals surface area contributed by atoms with Crippen molar-refractivity contribution in [2.45, 2.75) is 19.9 Å². The Morgan fingerprint density at radius 2 is 2.04 bits per heavy atom. The molecule has 1 aromatic carbocycles. The van der Waals surface area contributed by atoms with Crippen LogP contribution in [0.2, 0.25) is 5.02 Å². The lowest BCUT2D eigenvalue weighted by Crippen LogP contribution is -2.33. The maximum absolute atomic E-state index is 12.4. The Kier molecular flexibility index (Phi) is 4.56. The van der Waals surface area contributed by atoms with E-state index in [2.05, 4.69) is 11.4 Å². The molecule has 3 rings (SSSR count). The summed E-state index contributed by atoms with van der Waals surface area (Å²) in [4.78, 5) is 26.6. The Morgan fingerprint density at radius 3 is 2.67 bits per heavy atom. The summed E-state index contributed by atoms with van der Waals surface area (Å²) in [6, 6.07) is 8.74. The standard InChI is InChI=1S/C17H14ClN3O2S/c1-10(22)21-7-6-13-14(8-19)17(24-15(13)9-21)20-16(23)11-2-4-12(18)5-3-11/h2-5H,6-7,9H2,1H3,(H,20,23). The van der Waals surface area contributed by atoms with E-state index in [9.17, 15) is 14.9 Å². The molecule has 1 aliphatic heterocycles. The second-order valence-corrected chi connectivity index (χ2v) is 7.01. The number of hydrogen-bond acceptors (Lipinski definition) is 4. The lowest BCUT2D eigenvalue weighted by atomic mass is 10.0. The van der Waals surface area contributed by atoms with Crippen LogP contribution >= 0.6 is 22.9 Å². The molecule has 24 heavy (non-hydrogen) atoms. The van der Waals surface area contributed by atoms with Gasteiger partial charge in [-0.2, -0.15) is 5.26 Å². The molecule has 0 unspecified atom stereocenters. The van der Waals surface area contributed by atoms with Crippen LogP contribution in [0.5, 0.6) is 0 Å². The average molecular weight is 360 g/mol. The van der Waals surface area contributed by atoms with E-state index in [1.54, 1.807) is 29.2 Å². The van der Waals surface area contributed by atoms with Crippen molar-refractivity contribution in [1.29, 1.82) is 5.26 Å². The third kappa shape index (κ3) is 3.14. The third-order valence-corrected chi connectivity index (χ3v) is 5.33. The monoisotopic (exact) mass is 359 g/mol. The molecule has 1 aromatic heterocycles. The van der Waals surface area contributed by atoms with Crippen molar-refractivity contribution in [2.75, 3.05) is 11.9 Å². The van der Waals surface area contributed by atoms with Crippen LogP contribution in [0.15, 0.2) is 24.3 Å². The zero-order valence-corrected chi connectivity index (χ0v) is 14.5. The number of amides is 2. The molecule has 0 radical (unpaired) electrons. The summed E-state index contributed by atoms with van der Waals surface area (Å²) in [7, 11) is 0. The van der Waals surface area contributed by atoms with Crippen LogP contribution in [0.4, 0.5) is 5.00 Å². The minimum atomic E-state index is -0.287. The summed E-state index contributed by atoms with van der Waals surface area (Å²) < 4.78 is 0. The Morgan fingerprint density at radius 1 is 1.33 bits per heavy atom. The van der Waals surface area contributed by atoms with Crippen molar-refractivity contribution in [1.82, 2.24) is 4.90 Å². The van der Waals surface area contributed by atoms with Gasteiger partial charge in [-0.05, 0) is 36.2 Å². The van der Waals surface area contributed by atoms with Gasteiger partial charge in [-0.25, -0.2) is 0 Å². The molecule has 1 N–H and O–H groups in total. The van der Waals surface area contributed by atoms with Gasteiger partial charge in [-0.1, -0.05) is 11.6 Å². The first-order chi connectivity index (χ1) is 11.5. The van der Waals surface area contributed by atoms with E-state index >= 15 is 0 Å². The quantitative estimate of drug-likeness (QED) is 0.892. The molecule has 0 saturated heterocycles. The molecule has 7 heteroatoms. The number of nitriles is 1. The fourth-order valence-corrected chi connectivity index (χ4v) is 3.99. The minimum absolute atomic E-state index is 0.0132. The minimum Gasteiger partial charge on any atom is -0.337 e. The fraction of sp³-hybridized carbons (Fsp3) is 0.235. The largest absolute Gasteiger partial charge is 0.337 e. The van der Waals surface area contributed by atoms with Gasteiger partial charge in [0.05, 0.1) is 12.1 Å². The molecule has 0 atom stereocenters. The number of halogens is 1. The normalized spacial score (nSPS) is 13.1. The van der Waals surface area contributed by atoms with Gasteiger partial charge in [0, 0.05) is 28.9 Å². The predicted octanol–water partition coefficient (Wildman–Crippen LogP) is 3.43. The van der Waals surface area contributed by atoms with Gasteiger partial charge < -0.3 is 10.2 Å². The lowest BCUT2D eigenvalue weighted by molar-refractivity contribution is -0.129. The molecule has 5 nitrogen and oxygen atoms in total. The molecule has 2 heterocycles. The molecule has 122 valence electrons. The molecule has 0 fully saturated rings. The first-order valence-electron chi connectivity index (χ1n) is 7.36. The highest BCUT2D eigenvalue weighted by Crippen LogP contribution is 2.36. The second kappa shape index (κ2) is 6.63. The van der Waals surface area contributed by atoms with Crippen molar-refractivity contribution in [3.8, 4) is 6.07 Å². The van der Waals surface area contributed by atoms with Crippen molar-refractivity contribution < 1.29 is 9.59 Å². The molecule has 0 saturated carbocycles. The van der Waals surface area contributed by atoms with Gasteiger partial charge in [0.15, 0.2) is 0 Å². The van der Waals surface area contributed by atoms with Crippen molar-refractivity contribution in [3.63, 3.8) is 0 Å². The van der Waals surface area contributed by atoms with Crippen molar-refractivity contribution in [2.24, 2.45) is 0 Å². The number of hydrogen-bond donors (Lipinski definition) is 1. The number of carbonyl (C=O) groups excluding carboxylic acids is 2. The Labute approximate surface area is 148 Å². The molecule has 0 spiro atoms. The highest BCUT2D eigenvalue weighted by molar-refractivity contribution is 7.16. The summed E-state index contributed by atoms with van der Waals surface area (Å²) in [5.74, 6) is -0.274. The van der Waals surface area contributed by atoms with E-state index in [0.717, 1.165) is 10.4 Å². The van der Waals surface area contributed by atoms with Gasteiger partial charge in [-0.15, -0.1) is 11.3 Å². The number of anilines is 1. The number of fused-ring (bicyclic) bond motifs is 1. The molecule has 0 bridgehead atoms. The van der Waals surface area contributed by atoms with Crippen LogP contribution in [0.3, 0.4) is 0 Å². The highest BCUT2D eigenvalue weighted by atomic mass is 35.5. The molecular formula is C17H14ClN3O2S. The van der Waals surface area contributed by atoms with Crippen molar-refractivity contribution in [3.05, 3.63) is 50.9 Å². The van der Waals surface area contributed by atoms with E-state index in [1.165, 1.54) is 18.3 Å². The number of nitrogens with zero attached hydrogens (tertiary/aromatic N) is 2. The van der Waals surface area contributed by atoms with E-state index in [0.29, 0.717) is 40.7 Å². The summed E-state index contributed by atoms with van der Waals surface area (Å²) in [5, 5.41) is 13.4. The average Bonchev–Trinajstić information content (AvgIpc) is 2.91. The lowest BCUT2D eigenvalue weighted by Gasteiger charge is -2.25.